The van der Waals surface area contributed by atoms with Crippen molar-refractivity contribution in [3.63, 3.8) is 0 Å². The van der Waals surface area contributed by atoms with E-state index in [9.17, 15) is 0 Å². The summed E-state index contributed by atoms with van der Waals surface area (Å²) in [5.41, 5.74) is 1.25. The molecule has 0 atom stereocenters. The minimum absolute atomic E-state index is 0.689. The molecule has 0 radical (unpaired) electrons. The van der Waals surface area contributed by atoms with Gasteiger partial charge in [0.25, 0.3) is 0 Å². The molecule has 1 aromatic heterocycles. The minimum atomic E-state index is 0.689. The number of rotatable bonds is 6. The van der Waals surface area contributed by atoms with Crippen LogP contribution in [0, 0.1) is 5.92 Å². The van der Waals surface area contributed by atoms with Crippen LogP contribution in [-0.4, -0.2) is 24.6 Å². The number of nitrogens with one attached hydrogen (secondary N) is 1. The van der Waals surface area contributed by atoms with Crippen molar-refractivity contribution in [2.45, 2.75) is 39.3 Å². The Kier molecular flexibility index (Phi) is 4.00. The molecule has 3 nitrogen and oxygen atoms in total. The second-order valence-electron chi connectivity index (χ2n) is 5.33. The summed E-state index contributed by atoms with van der Waals surface area (Å²) in [6.45, 7) is 6.54. The maximum absolute atomic E-state index is 4.60. The molecule has 1 aromatic rings. The predicted octanol–water partition coefficient (Wildman–Crippen LogP) is 2.43. The molecule has 1 fully saturated rings. The van der Waals surface area contributed by atoms with Crippen molar-refractivity contribution < 1.29 is 0 Å². The third-order valence-electron chi connectivity index (χ3n) is 3.03. The zero-order valence-corrected chi connectivity index (χ0v) is 11.1. The van der Waals surface area contributed by atoms with Gasteiger partial charge in [0.05, 0.1) is 0 Å². The highest BCUT2D eigenvalue weighted by molar-refractivity contribution is 5.42. The molecule has 94 valence electrons. The Bertz CT molecular complexity index is 341. The highest BCUT2D eigenvalue weighted by atomic mass is 15.2. The van der Waals surface area contributed by atoms with E-state index in [1.54, 1.807) is 0 Å². The number of anilines is 1. The fraction of sp³-hybridized carbons (Fsp3) is 0.643. The van der Waals surface area contributed by atoms with Crippen molar-refractivity contribution in [1.29, 1.82) is 0 Å². The smallest absolute Gasteiger partial charge is 0.128 e. The third-order valence-corrected chi connectivity index (χ3v) is 3.03. The Hall–Kier alpha value is -1.09. The molecule has 1 aliphatic rings. The molecule has 3 heteroatoms. The maximum atomic E-state index is 4.60. The lowest BCUT2D eigenvalue weighted by Gasteiger charge is -2.25. The summed E-state index contributed by atoms with van der Waals surface area (Å²) in [6, 6.07) is 5.07. The van der Waals surface area contributed by atoms with Gasteiger partial charge in [0, 0.05) is 25.3 Å². The van der Waals surface area contributed by atoms with Gasteiger partial charge in [-0.05, 0) is 37.4 Å². The highest BCUT2D eigenvalue weighted by Gasteiger charge is 2.30. The van der Waals surface area contributed by atoms with Gasteiger partial charge < -0.3 is 10.2 Å². The summed E-state index contributed by atoms with van der Waals surface area (Å²) in [5.74, 6) is 1.83. The molecule has 1 heterocycles. The van der Waals surface area contributed by atoms with Crippen molar-refractivity contribution in [2.24, 2.45) is 5.92 Å². The summed E-state index contributed by atoms with van der Waals surface area (Å²) in [6.07, 6.45) is 4.64. The van der Waals surface area contributed by atoms with Crippen molar-refractivity contribution in [2.75, 3.05) is 18.5 Å². The number of pyridine rings is 1. The van der Waals surface area contributed by atoms with E-state index < -0.39 is 0 Å². The monoisotopic (exact) mass is 233 g/mol. The first-order valence-corrected chi connectivity index (χ1v) is 6.57. The SMILES string of the molecule is CNCc1ccc(N(CC(C)C)C2CC2)nc1. The van der Waals surface area contributed by atoms with Crippen LogP contribution in [0.2, 0.25) is 0 Å². The predicted molar refractivity (Wildman–Crippen MR) is 72.2 cm³/mol. The number of aromatic nitrogens is 1. The highest BCUT2D eigenvalue weighted by Crippen LogP contribution is 2.31. The summed E-state index contributed by atoms with van der Waals surface area (Å²) in [4.78, 5) is 7.06. The van der Waals surface area contributed by atoms with E-state index in [0.29, 0.717) is 5.92 Å². The molecule has 2 rings (SSSR count). The van der Waals surface area contributed by atoms with Crippen molar-refractivity contribution in [1.82, 2.24) is 10.3 Å². The molecule has 0 aromatic carbocycles. The van der Waals surface area contributed by atoms with Crippen LogP contribution in [-0.2, 0) is 6.54 Å². The second-order valence-corrected chi connectivity index (χ2v) is 5.33. The van der Waals surface area contributed by atoms with Crippen LogP contribution in [0.25, 0.3) is 0 Å². The van der Waals surface area contributed by atoms with Gasteiger partial charge >= 0.3 is 0 Å². The molecule has 0 saturated heterocycles. The van der Waals surface area contributed by atoms with Gasteiger partial charge in [-0.15, -0.1) is 0 Å². The van der Waals surface area contributed by atoms with Crippen LogP contribution in [0.4, 0.5) is 5.82 Å². The molecule has 0 unspecified atom stereocenters. The van der Waals surface area contributed by atoms with Gasteiger partial charge in [-0.3, -0.25) is 0 Å². The van der Waals surface area contributed by atoms with Gasteiger partial charge in [-0.25, -0.2) is 4.98 Å². The fourth-order valence-corrected chi connectivity index (χ4v) is 2.10. The van der Waals surface area contributed by atoms with E-state index >= 15 is 0 Å². The van der Waals surface area contributed by atoms with Crippen molar-refractivity contribution in [3.8, 4) is 0 Å². The molecule has 0 spiro atoms. The van der Waals surface area contributed by atoms with Crippen LogP contribution >= 0.6 is 0 Å². The Morgan fingerprint density at radius 3 is 2.65 bits per heavy atom. The van der Waals surface area contributed by atoms with E-state index in [0.717, 1.165) is 24.9 Å². The summed E-state index contributed by atoms with van der Waals surface area (Å²) in [5, 5.41) is 3.15. The quantitative estimate of drug-likeness (QED) is 0.818. The number of nitrogens with zero attached hydrogens (tertiary/aromatic N) is 2. The summed E-state index contributed by atoms with van der Waals surface area (Å²) < 4.78 is 0. The fourth-order valence-electron chi connectivity index (χ4n) is 2.10. The summed E-state index contributed by atoms with van der Waals surface area (Å²) in [7, 11) is 1.96. The van der Waals surface area contributed by atoms with Crippen LogP contribution in [0.3, 0.4) is 0 Å². The lowest BCUT2D eigenvalue weighted by Crippen LogP contribution is -2.30. The van der Waals surface area contributed by atoms with E-state index in [4.69, 9.17) is 0 Å². The molecular formula is C14H23N3. The maximum Gasteiger partial charge on any atom is 0.128 e. The largest absolute Gasteiger partial charge is 0.353 e. The van der Waals surface area contributed by atoms with Gasteiger partial charge in [0.2, 0.25) is 0 Å². The van der Waals surface area contributed by atoms with Crippen molar-refractivity contribution >= 4 is 5.82 Å². The van der Waals surface area contributed by atoms with Crippen LogP contribution in [0.5, 0.6) is 0 Å². The van der Waals surface area contributed by atoms with Crippen LogP contribution in [0.15, 0.2) is 18.3 Å². The second kappa shape index (κ2) is 5.50. The molecule has 0 amide bonds. The van der Waals surface area contributed by atoms with Gasteiger partial charge in [0.15, 0.2) is 0 Å². The molecule has 0 aliphatic heterocycles. The molecule has 1 aliphatic carbocycles. The first-order chi connectivity index (χ1) is 8.20. The van der Waals surface area contributed by atoms with Crippen molar-refractivity contribution in [3.05, 3.63) is 23.9 Å². The molecule has 0 bridgehead atoms. The topological polar surface area (TPSA) is 28.2 Å². The normalized spacial score (nSPS) is 15.3. The minimum Gasteiger partial charge on any atom is -0.353 e. The van der Waals surface area contributed by atoms with E-state index in [1.165, 1.54) is 18.4 Å². The molecule has 1 saturated carbocycles. The zero-order chi connectivity index (χ0) is 12.3. The van der Waals surface area contributed by atoms with Crippen LogP contribution < -0.4 is 10.2 Å². The van der Waals surface area contributed by atoms with E-state index in [-0.39, 0.29) is 0 Å². The van der Waals surface area contributed by atoms with E-state index in [1.807, 2.05) is 13.2 Å². The molecule has 17 heavy (non-hydrogen) atoms. The lowest BCUT2D eigenvalue weighted by molar-refractivity contribution is 0.602. The van der Waals surface area contributed by atoms with Gasteiger partial charge in [-0.2, -0.15) is 0 Å². The Morgan fingerprint density at radius 2 is 2.18 bits per heavy atom. The standard InChI is InChI=1S/C14H23N3/c1-11(2)10-17(13-5-6-13)14-7-4-12(8-15-3)9-16-14/h4,7,9,11,13,15H,5-6,8,10H2,1-3H3. The number of hydrogen-bond donors (Lipinski definition) is 1. The third kappa shape index (κ3) is 3.43. The van der Waals surface area contributed by atoms with E-state index in [2.05, 4.69) is 41.2 Å². The zero-order valence-electron chi connectivity index (χ0n) is 11.1. The molecule has 1 N–H and O–H groups in total. The lowest BCUT2D eigenvalue weighted by atomic mass is 10.2. The Balaban J connectivity index is 2.07. The first kappa shape index (κ1) is 12.4. The van der Waals surface area contributed by atoms with Gasteiger partial charge in [-0.1, -0.05) is 19.9 Å². The average Bonchev–Trinajstić information content (AvgIpc) is 3.11. The Morgan fingerprint density at radius 1 is 1.41 bits per heavy atom. The molecular weight excluding hydrogens is 210 g/mol. The van der Waals surface area contributed by atoms with Crippen LogP contribution in [0.1, 0.15) is 32.3 Å². The first-order valence-electron chi connectivity index (χ1n) is 6.57. The van der Waals surface area contributed by atoms with Gasteiger partial charge in [0.1, 0.15) is 5.82 Å². The average molecular weight is 233 g/mol. The Labute approximate surface area is 104 Å². The number of hydrogen-bond acceptors (Lipinski definition) is 3. The summed E-state index contributed by atoms with van der Waals surface area (Å²) >= 11 is 0.